The number of carboxylic acids is 1. The van der Waals surface area contributed by atoms with E-state index in [2.05, 4.69) is 12.2 Å². The molecule has 114 valence electrons. The second-order valence-corrected chi connectivity index (χ2v) is 5.51. The number of rotatable bonds is 5. The van der Waals surface area contributed by atoms with Gasteiger partial charge >= 0.3 is 5.97 Å². The predicted molar refractivity (Wildman–Crippen MR) is 78.7 cm³/mol. The van der Waals surface area contributed by atoms with Crippen molar-refractivity contribution < 1.29 is 19.4 Å². The van der Waals surface area contributed by atoms with Gasteiger partial charge in [0.1, 0.15) is 11.9 Å². The number of hydrogen-bond donors (Lipinski definition) is 2. The zero-order valence-corrected chi connectivity index (χ0v) is 12.6. The van der Waals surface area contributed by atoms with Crippen molar-refractivity contribution in [3.8, 4) is 5.75 Å². The first kappa shape index (κ1) is 15.4. The smallest absolute Gasteiger partial charge is 0.305 e. The van der Waals surface area contributed by atoms with E-state index in [1.807, 2.05) is 26.0 Å². The highest BCUT2D eigenvalue weighted by Crippen LogP contribution is 2.40. The Morgan fingerprint density at radius 3 is 2.71 bits per heavy atom. The second kappa shape index (κ2) is 6.16. The number of nitrogens with one attached hydrogen (secondary N) is 1. The van der Waals surface area contributed by atoms with Crippen molar-refractivity contribution in [1.29, 1.82) is 0 Å². The first-order valence-corrected chi connectivity index (χ1v) is 7.26. The minimum atomic E-state index is -0.918. The van der Waals surface area contributed by atoms with Crippen LogP contribution in [-0.2, 0) is 4.79 Å². The summed E-state index contributed by atoms with van der Waals surface area (Å²) in [6.45, 7) is 5.90. The maximum atomic E-state index is 12.4. The molecule has 1 aliphatic heterocycles. The molecule has 21 heavy (non-hydrogen) atoms. The molecular weight excluding hydrogens is 270 g/mol. The standard InChI is InChI=1S/C16H21NO4/c1-4-11(8-14(18)19)17-16(20)13-7-5-6-12-9(2)10(3)21-15(12)13/h5-7,9-11H,4,8H2,1-3H3,(H,17,20)(H,18,19). The summed E-state index contributed by atoms with van der Waals surface area (Å²) < 4.78 is 5.79. The Kier molecular flexibility index (Phi) is 4.50. The van der Waals surface area contributed by atoms with Gasteiger partial charge in [-0.1, -0.05) is 26.0 Å². The van der Waals surface area contributed by atoms with Crippen LogP contribution in [-0.4, -0.2) is 29.1 Å². The van der Waals surface area contributed by atoms with E-state index in [1.165, 1.54) is 0 Å². The number of para-hydroxylation sites is 1. The molecule has 1 aromatic rings. The van der Waals surface area contributed by atoms with Crippen molar-refractivity contribution in [3.05, 3.63) is 29.3 Å². The summed E-state index contributed by atoms with van der Waals surface area (Å²) in [4.78, 5) is 23.2. The molecule has 0 saturated heterocycles. The minimum absolute atomic E-state index is 0.0370. The van der Waals surface area contributed by atoms with Crippen LogP contribution in [0.2, 0.25) is 0 Å². The molecule has 0 fully saturated rings. The van der Waals surface area contributed by atoms with Crippen molar-refractivity contribution in [2.45, 2.75) is 51.7 Å². The van der Waals surface area contributed by atoms with Gasteiger partial charge in [-0.3, -0.25) is 9.59 Å². The van der Waals surface area contributed by atoms with Crippen molar-refractivity contribution >= 4 is 11.9 Å². The van der Waals surface area contributed by atoms with E-state index in [4.69, 9.17) is 9.84 Å². The molecule has 2 N–H and O–H groups in total. The van der Waals surface area contributed by atoms with Crippen molar-refractivity contribution in [3.63, 3.8) is 0 Å². The van der Waals surface area contributed by atoms with E-state index in [-0.39, 0.29) is 30.4 Å². The lowest BCUT2D eigenvalue weighted by Crippen LogP contribution is -2.36. The molecule has 0 bridgehead atoms. The molecule has 3 atom stereocenters. The van der Waals surface area contributed by atoms with Crippen LogP contribution in [0.25, 0.3) is 0 Å². The fourth-order valence-electron chi connectivity index (χ4n) is 2.54. The molecule has 1 aliphatic rings. The molecule has 3 unspecified atom stereocenters. The van der Waals surface area contributed by atoms with Crippen LogP contribution in [0.1, 0.15) is 55.5 Å². The van der Waals surface area contributed by atoms with E-state index in [0.29, 0.717) is 17.7 Å². The van der Waals surface area contributed by atoms with Crippen molar-refractivity contribution in [1.82, 2.24) is 5.32 Å². The number of ether oxygens (including phenoxy) is 1. The highest BCUT2D eigenvalue weighted by atomic mass is 16.5. The maximum absolute atomic E-state index is 12.4. The monoisotopic (exact) mass is 291 g/mol. The molecule has 5 nitrogen and oxygen atoms in total. The van der Waals surface area contributed by atoms with E-state index in [9.17, 15) is 9.59 Å². The summed E-state index contributed by atoms with van der Waals surface area (Å²) in [5, 5.41) is 11.6. The van der Waals surface area contributed by atoms with Crippen LogP contribution >= 0.6 is 0 Å². The Bertz CT molecular complexity index is 555. The van der Waals surface area contributed by atoms with Gasteiger partial charge in [0.05, 0.1) is 12.0 Å². The van der Waals surface area contributed by atoms with Crippen LogP contribution in [0.15, 0.2) is 18.2 Å². The lowest BCUT2D eigenvalue weighted by atomic mass is 9.96. The zero-order valence-electron chi connectivity index (χ0n) is 12.6. The van der Waals surface area contributed by atoms with Crippen LogP contribution in [0.5, 0.6) is 5.75 Å². The van der Waals surface area contributed by atoms with Gasteiger partial charge in [0.25, 0.3) is 5.91 Å². The molecule has 0 saturated carbocycles. The summed E-state index contributed by atoms with van der Waals surface area (Å²) >= 11 is 0. The Morgan fingerprint density at radius 1 is 1.38 bits per heavy atom. The Morgan fingerprint density at radius 2 is 2.10 bits per heavy atom. The van der Waals surface area contributed by atoms with E-state index in [1.54, 1.807) is 6.07 Å². The SMILES string of the molecule is CCC(CC(=O)O)NC(=O)c1cccc2c1OC(C)C2C. The third-order valence-corrected chi connectivity index (χ3v) is 4.04. The molecule has 0 radical (unpaired) electrons. The van der Waals surface area contributed by atoms with Gasteiger partial charge in [0.15, 0.2) is 0 Å². The zero-order chi connectivity index (χ0) is 15.6. The lowest BCUT2D eigenvalue weighted by Gasteiger charge is -2.16. The highest BCUT2D eigenvalue weighted by molar-refractivity contribution is 5.98. The quantitative estimate of drug-likeness (QED) is 0.874. The average molecular weight is 291 g/mol. The largest absolute Gasteiger partial charge is 0.489 e. The van der Waals surface area contributed by atoms with E-state index < -0.39 is 5.97 Å². The van der Waals surface area contributed by atoms with Crippen molar-refractivity contribution in [2.75, 3.05) is 0 Å². The van der Waals surface area contributed by atoms with Gasteiger partial charge in [-0.15, -0.1) is 0 Å². The van der Waals surface area contributed by atoms with Crippen LogP contribution in [0, 0.1) is 0 Å². The van der Waals surface area contributed by atoms with Crippen molar-refractivity contribution in [2.24, 2.45) is 0 Å². The first-order valence-electron chi connectivity index (χ1n) is 7.26. The van der Waals surface area contributed by atoms with Crippen LogP contribution in [0.4, 0.5) is 0 Å². The predicted octanol–water partition coefficient (Wildman–Crippen LogP) is 2.55. The summed E-state index contributed by atoms with van der Waals surface area (Å²) in [5.74, 6) is -0.325. The van der Waals surface area contributed by atoms with Gasteiger partial charge in [-0.2, -0.15) is 0 Å². The number of benzene rings is 1. The molecule has 2 rings (SSSR count). The van der Waals surface area contributed by atoms with Gasteiger partial charge in [0, 0.05) is 17.5 Å². The number of fused-ring (bicyclic) bond motifs is 1. The Labute approximate surface area is 124 Å². The number of amides is 1. The summed E-state index contributed by atoms with van der Waals surface area (Å²) in [6, 6.07) is 5.15. The number of carbonyl (C=O) groups is 2. The Hall–Kier alpha value is -2.04. The summed E-state index contributed by atoms with van der Waals surface area (Å²) in [6.07, 6.45) is 0.529. The van der Waals surface area contributed by atoms with E-state index >= 15 is 0 Å². The molecule has 0 aromatic heterocycles. The number of hydrogen-bond acceptors (Lipinski definition) is 3. The number of aliphatic carboxylic acids is 1. The first-order chi connectivity index (χ1) is 9.93. The Balaban J connectivity index is 2.20. The van der Waals surface area contributed by atoms with Crippen LogP contribution < -0.4 is 10.1 Å². The summed E-state index contributed by atoms with van der Waals surface area (Å²) in [7, 11) is 0. The van der Waals surface area contributed by atoms with E-state index in [0.717, 1.165) is 5.56 Å². The molecule has 0 aliphatic carbocycles. The van der Waals surface area contributed by atoms with Gasteiger partial charge in [0.2, 0.25) is 0 Å². The third kappa shape index (κ3) is 3.17. The fraction of sp³-hybridized carbons (Fsp3) is 0.500. The second-order valence-electron chi connectivity index (χ2n) is 5.51. The normalized spacial score (nSPS) is 21.3. The number of carbonyl (C=O) groups excluding carboxylic acids is 1. The molecular formula is C16H21NO4. The molecule has 1 heterocycles. The maximum Gasteiger partial charge on any atom is 0.305 e. The summed E-state index contributed by atoms with van der Waals surface area (Å²) in [5.41, 5.74) is 1.51. The highest BCUT2D eigenvalue weighted by Gasteiger charge is 2.31. The topological polar surface area (TPSA) is 75.6 Å². The third-order valence-electron chi connectivity index (χ3n) is 4.04. The molecule has 1 amide bonds. The molecule has 0 spiro atoms. The molecule has 1 aromatic carbocycles. The average Bonchev–Trinajstić information content (AvgIpc) is 2.73. The molecule has 5 heteroatoms. The van der Waals surface area contributed by atoms with Gasteiger partial charge < -0.3 is 15.2 Å². The van der Waals surface area contributed by atoms with Gasteiger partial charge in [-0.05, 0) is 19.4 Å². The van der Waals surface area contributed by atoms with Gasteiger partial charge in [-0.25, -0.2) is 0 Å². The van der Waals surface area contributed by atoms with Crippen LogP contribution in [0.3, 0.4) is 0 Å². The lowest BCUT2D eigenvalue weighted by molar-refractivity contribution is -0.137. The minimum Gasteiger partial charge on any atom is -0.489 e. The fourth-order valence-corrected chi connectivity index (χ4v) is 2.54. The number of carboxylic acid groups (broad SMARTS) is 1.